The lowest BCUT2D eigenvalue weighted by molar-refractivity contribution is 0.0677. The van der Waals surface area contributed by atoms with Crippen LogP contribution < -0.4 is 9.47 Å². The van der Waals surface area contributed by atoms with E-state index in [9.17, 15) is 9.59 Å². The molecule has 0 fully saturated rings. The monoisotopic (exact) mass is 534 g/mol. The van der Waals surface area contributed by atoms with Gasteiger partial charge in [0, 0.05) is 5.56 Å². The van der Waals surface area contributed by atoms with E-state index in [1.54, 1.807) is 48.5 Å². The van der Waals surface area contributed by atoms with E-state index in [-0.39, 0.29) is 11.2 Å². The van der Waals surface area contributed by atoms with E-state index in [1.165, 1.54) is 0 Å². The van der Waals surface area contributed by atoms with Crippen LogP contribution in [0.5, 0.6) is 11.5 Å². The maximum absolute atomic E-state index is 13.6. The predicted octanol–water partition coefficient (Wildman–Crippen LogP) is 9.07. The van der Waals surface area contributed by atoms with Crippen molar-refractivity contribution in [1.29, 1.82) is 0 Å². The van der Waals surface area contributed by atoms with Crippen molar-refractivity contribution < 1.29 is 19.1 Å². The van der Waals surface area contributed by atoms with Crippen LogP contribution in [-0.2, 0) is 11.8 Å². The first-order valence-electron chi connectivity index (χ1n) is 13.8. The number of hydrogen-bond acceptors (Lipinski definition) is 4. The van der Waals surface area contributed by atoms with E-state index in [2.05, 4.69) is 52.8 Å². The zero-order chi connectivity index (χ0) is 28.9. The lowest BCUT2D eigenvalue weighted by atomic mass is 9.69. The molecule has 0 atom stereocenters. The van der Waals surface area contributed by atoms with Gasteiger partial charge in [0.2, 0.25) is 0 Å². The SMILES string of the molecule is CCc1cc(-c2ccccc2)c(C(C)(C)CC(C)(C)C)c(OC(=O)c2ccccc2)c1OC(=O)c1ccccc1. The van der Waals surface area contributed by atoms with Crippen molar-refractivity contribution in [2.45, 2.75) is 59.8 Å². The highest BCUT2D eigenvalue weighted by atomic mass is 16.6. The molecule has 0 radical (unpaired) electrons. The van der Waals surface area contributed by atoms with Crippen molar-refractivity contribution in [1.82, 2.24) is 0 Å². The summed E-state index contributed by atoms with van der Waals surface area (Å²) in [4.78, 5) is 26.9. The van der Waals surface area contributed by atoms with Crippen molar-refractivity contribution in [3.8, 4) is 22.6 Å². The second-order valence-electron chi connectivity index (χ2n) is 12.0. The molecule has 0 saturated carbocycles. The van der Waals surface area contributed by atoms with E-state index in [4.69, 9.17) is 9.47 Å². The molecule has 0 aromatic heterocycles. The molecule has 4 aromatic carbocycles. The van der Waals surface area contributed by atoms with Crippen LogP contribution in [-0.4, -0.2) is 11.9 Å². The normalized spacial score (nSPS) is 11.7. The van der Waals surface area contributed by atoms with Gasteiger partial charge in [-0.15, -0.1) is 0 Å². The third-order valence-electron chi connectivity index (χ3n) is 6.84. The number of esters is 2. The van der Waals surface area contributed by atoms with Gasteiger partial charge in [-0.1, -0.05) is 108 Å². The van der Waals surface area contributed by atoms with Crippen LogP contribution in [0.15, 0.2) is 97.1 Å². The van der Waals surface area contributed by atoms with Gasteiger partial charge in [-0.2, -0.15) is 0 Å². The largest absolute Gasteiger partial charge is 0.419 e. The average molecular weight is 535 g/mol. The second kappa shape index (κ2) is 11.9. The molecule has 0 aliphatic carbocycles. The lowest BCUT2D eigenvalue weighted by Gasteiger charge is -2.36. The molecule has 0 heterocycles. The molecule has 0 spiro atoms. The molecule has 0 saturated heterocycles. The topological polar surface area (TPSA) is 52.6 Å². The Kier molecular flexibility index (Phi) is 8.58. The summed E-state index contributed by atoms with van der Waals surface area (Å²) in [6, 6.07) is 30.0. The number of hydrogen-bond donors (Lipinski definition) is 0. The molecule has 4 nitrogen and oxygen atoms in total. The third-order valence-corrected chi connectivity index (χ3v) is 6.84. The number of aryl methyl sites for hydroxylation is 1. The second-order valence-corrected chi connectivity index (χ2v) is 12.0. The zero-order valence-electron chi connectivity index (χ0n) is 24.3. The minimum absolute atomic E-state index is 0.0253. The number of benzene rings is 4. The number of ether oxygens (including phenoxy) is 2. The molecule has 0 unspecified atom stereocenters. The van der Waals surface area contributed by atoms with E-state index in [0.29, 0.717) is 23.3 Å². The molecule has 0 N–H and O–H groups in total. The Bertz CT molecular complexity index is 1460. The fraction of sp³-hybridized carbons (Fsp3) is 0.278. The molecule has 0 amide bonds. The van der Waals surface area contributed by atoms with Crippen LogP contribution in [0.1, 0.15) is 79.8 Å². The third kappa shape index (κ3) is 6.69. The quantitative estimate of drug-likeness (QED) is 0.167. The van der Waals surface area contributed by atoms with Crippen molar-refractivity contribution >= 4 is 11.9 Å². The Morgan fingerprint density at radius 1 is 0.650 bits per heavy atom. The maximum Gasteiger partial charge on any atom is 0.343 e. The van der Waals surface area contributed by atoms with Gasteiger partial charge >= 0.3 is 11.9 Å². The van der Waals surface area contributed by atoms with Gasteiger partial charge in [0.25, 0.3) is 0 Å². The van der Waals surface area contributed by atoms with Crippen LogP contribution in [0, 0.1) is 5.41 Å². The van der Waals surface area contributed by atoms with Crippen LogP contribution >= 0.6 is 0 Å². The highest BCUT2D eigenvalue weighted by Crippen LogP contribution is 2.50. The number of rotatable bonds is 8. The molecule has 206 valence electrons. The minimum atomic E-state index is -0.502. The minimum Gasteiger partial charge on any atom is -0.419 e. The van der Waals surface area contributed by atoms with Gasteiger partial charge in [0.1, 0.15) is 0 Å². The first-order valence-corrected chi connectivity index (χ1v) is 13.8. The van der Waals surface area contributed by atoms with Crippen LogP contribution in [0.4, 0.5) is 0 Å². The maximum atomic E-state index is 13.6. The lowest BCUT2D eigenvalue weighted by Crippen LogP contribution is -2.28. The molecule has 0 aliphatic rings. The molecular formula is C36H38O4. The highest BCUT2D eigenvalue weighted by Gasteiger charge is 2.36. The first kappa shape index (κ1) is 28.8. The van der Waals surface area contributed by atoms with Gasteiger partial charge < -0.3 is 9.47 Å². The summed E-state index contributed by atoms with van der Waals surface area (Å²) < 4.78 is 12.4. The molecule has 4 rings (SSSR count). The summed E-state index contributed by atoms with van der Waals surface area (Å²) in [6.07, 6.45) is 1.38. The standard InChI is InChI=1S/C36H38O4/c1-7-25-23-29(26-17-11-8-12-18-26)30(36(5,6)24-35(2,3)4)32(40-34(38)28-21-15-10-16-22-28)31(25)39-33(37)27-19-13-9-14-20-27/h8-23H,7,24H2,1-6H3. The van der Waals surface area contributed by atoms with E-state index in [1.807, 2.05) is 37.3 Å². The fourth-order valence-corrected chi connectivity index (χ4v) is 5.55. The molecule has 4 heteroatoms. The Morgan fingerprint density at radius 3 is 1.55 bits per heavy atom. The van der Waals surface area contributed by atoms with E-state index >= 15 is 0 Å². The van der Waals surface area contributed by atoms with Crippen LogP contribution in [0.3, 0.4) is 0 Å². The summed E-state index contributed by atoms with van der Waals surface area (Å²) in [5.74, 6) is -0.417. The van der Waals surface area contributed by atoms with Crippen molar-refractivity contribution in [2.24, 2.45) is 5.41 Å². The van der Waals surface area contributed by atoms with Crippen molar-refractivity contribution in [3.63, 3.8) is 0 Å². The van der Waals surface area contributed by atoms with Crippen molar-refractivity contribution in [3.05, 3.63) is 119 Å². The van der Waals surface area contributed by atoms with Gasteiger partial charge in [-0.3, -0.25) is 0 Å². The van der Waals surface area contributed by atoms with E-state index < -0.39 is 17.4 Å². The molecular weight excluding hydrogens is 496 g/mol. The highest BCUT2D eigenvalue weighted by molar-refractivity contribution is 5.94. The first-order chi connectivity index (χ1) is 19.0. The van der Waals surface area contributed by atoms with Gasteiger partial charge in [0.15, 0.2) is 11.5 Å². The molecule has 0 bridgehead atoms. The fourth-order valence-electron chi connectivity index (χ4n) is 5.55. The summed E-state index contributed by atoms with van der Waals surface area (Å²) in [5.41, 5.74) is 3.96. The Hall–Kier alpha value is -4.18. The van der Waals surface area contributed by atoms with Gasteiger partial charge in [-0.05, 0) is 70.7 Å². The Labute approximate surface area is 238 Å². The molecule has 40 heavy (non-hydrogen) atoms. The van der Waals surface area contributed by atoms with Crippen molar-refractivity contribution in [2.75, 3.05) is 0 Å². The number of carbonyl (C=O) groups excluding carboxylic acids is 2. The van der Waals surface area contributed by atoms with E-state index in [0.717, 1.165) is 28.7 Å². The summed E-state index contributed by atoms with van der Waals surface area (Å²) in [7, 11) is 0. The summed E-state index contributed by atoms with van der Waals surface area (Å²) in [5, 5.41) is 0. The Balaban J connectivity index is 2.02. The van der Waals surface area contributed by atoms with Crippen LogP contribution in [0.25, 0.3) is 11.1 Å². The molecule has 0 aliphatic heterocycles. The van der Waals surface area contributed by atoms with Crippen LogP contribution in [0.2, 0.25) is 0 Å². The predicted molar refractivity (Wildman–Crippen MR) is 161 cm³/mol. The Morgan fingerprint density at radius 2 is 1.10 bits per heavy atom. The number of carbonyl (C=O) groups is 2. The average Bonchev–Trinajstić information content (AvgIpc) is 2.93. The summed E-state index contributed by atoms with van der Waals surface area (Å²) >= 11 is 0. The van der Waals surface area contributed by atoms with Gasteiger partial charge in [0.05, 0.1) is 11.1 Å². The zero-order valence-corrected chi connectivity index (χ0v) is 24.3. The smallest absolute Gasteiger partial charge is 0.343 e. The van der Waals surface area contributed by atoms with Gasteiger partial charge in [-0.25, -0.2) is 9.59 Å². The molecule has 4 aromatic rings. The summed E-state index contributed by atoms with van der Waals surface area (Å²) in [6.45, 7) is 12.9.